The second-order valence-corrected chi connectivity index (χ2v) is 12.1. The molecule has 2 aromatic carbocycles. The van der Waals surface area contributed by atoms with Gasteiger partial charge >= 0.3 is 0 Å². The average Bonchev–Trinajstić information content (AvgIpc) is 2.71. The summed E-state index contributed by atoms with van der Waals surface area (Å²) in [4.78, 5) is 0.250. The van der Waals surface area contributed by atoms with Crippen LogP contribution in [0, 0.1) is 11.3 Å². The number of hydrogen-bond acceptors (Lipinski definition) is 5. The number of nitrogens with zero attached hydrogens (tertiary/aromatic N) is 1. The van der Waals surface area contributed by atoms with Crippen LogP contribution in [0.15, 0.2) is 57.7 Å². The number of nitrogens with one attached hydrogen (secondary N) is 1. The minimum atomic E-state index is -3.93. The van der Waals surface area contributed by atoms with Crippen molar-refractivity contribution in [3.8, 4) is 6.07 Å². The molecule has 0 aliphatic rings. The summed E-state index contributed by atoms with van der Waals surface area (Å²) < 4.78 is 53.9. The van der Waals surface area contributed by atoms with Crippen LogP contribution in [0.25, 0.3) is 0 Å². The average molecular weight is 475 g/mol. The van der Waals surface area contributed by atoms with Crippen molar-refractivity contribution in [2.24, 2.45) is 0 Å². The predicted octanol–water partition coefficient (Wildman–Crippen LogP) is 5.67. The summed E-state index contributed by atoms with van der Waals surface area (Å²) in [6, 6.07) is 11.0. The van der Waals surface area contributed by atoms with Crippen LogP contribution in [-0.4, -0.2) is 16.8 Å². The van der Waals surface area contributed by atoms with E-state index in [4.69, 9.17) is 5.26 Å². The molecule has 0 aliphatic carbocycles. The van der Waals surface area contributed by atoms with Gasteiger partial charge in [-0.15, -0.1) is 0 Å². The van der Waals surface area contributed by atoms with Crippen molar-refractivity contribution in [3.63, 3.8) is 0 Å². The summed E-state index contributed by atoms with van der Waals surface area (Å²) in [5, 5.41) is 9.36. The molecule has 0 amide bonds. The summed E-state index contributed by atoms with van der Waals surface area (Å²) in [6.07, 6.45) is 0.883. The van der Waals surface area contributed by atoms with Gasteiger partial charge in [0, 0.05) is 17.2 Å². The normalized spacial score (nSPS) is 12.6. The van der Waals surface area contributed by atoms with Crippen LogP contribution < -0.4 is 4.72 Å². The van der Waals surface area contributed by atoms with E-state index in [0.717, 1.165) is 28.2 Å². The fraction of sp³-hybridized carbons (Fsp3) is 0.375. The molecule has 32 heavy (non-hydrogen) atoms. The fourth-order valence-corrected chi connectivity index (χ4v) is 5.99. The van der Waals surface area contributed by atoms with E-state index in [1.165, 1.54) is 24.3 Å². The van der Waals surface area contributed by atoms with Gasteiger partial charge in [-0.1, -0.05) is 53.7 Å². The van der Waals surface area contributed by atoms with Crippen molar-refractivity contribution in [2.75, 3.05) is 4.72 Å². The molecule has 0 heterocycles. The van der Waals surface area contributed by atoms with Crippen LogP contribution in [0.1, 0.15) is 76.0 Å². The maximum Gasteiger partial charge on any atom is 0.262 e. The summed E-state index contributed by atoms with van der Waals surface area (Å²) in [7, 11) is -7.69. The van der Waals surface area contributed by atoms with Crippen molar-refractivity contribution in [2.45, 2.75) is 69.1 Å². The molecular weight excluding hydrogens is 444 g/mol. The second-order valence-electron chi connectivity index (χ2n) is 8.60. The summed E-state index contributed by atoms with van der Waals surface area (Å²) in [5.41, 5.74) is 2.86. The van der Waals surface area contributed by atoms with E-state index in [9.17, 15) is 16.8 Å². The molecule has 0 saturated carbocycles. The van der Waals surface area contributed by atoms with Crippen LogP contribution in [0.2, 0.25) is 0 Å². The molecule has 0 unspecified atom stereocenters. The van der Waals surface area contributed by atoms with Gasteiger partial charge in [0.25, 0.3) is 10.0 Å². The lowest BCUT2D eigenvalue weighted by Gasteiger charge is -2.23. The third-order valence-electron chi connectivity index (χ3n) is 5.10. The number of nitriles is 1. The van der Waals surface area contributed by atoms with Gasteiger partial charge in [-0.2, -0.15) is 5.26 Å². The zero-order valence-corrected chi connectivity index (χ0v) is 20.9. The second kappa shape index (κ2) is 9.88. The number of hydrogen-bond donors (Lipinski definition) is 1. The third-order valence-corrected chi connectivity index (χ3v) is 8.04. The van der Waals surface area contributed by atoms with Crippen molar-refractivity contribution >= 4 is 25.5 Å². The molecular formula is C24H30N2O4S2. The Morgan fingerprint density at radius 2 is 1.34 bits per heavy atom. The fourth-order valence-electron chi connectivity index (χ4n) is 3.32. The zero-order valence-electron chi connectivity index (χ0n) is 19.2. The highest BCUT2D eigenvalue weighted by molar-refractivity contribution is 7.94. The lowest BCUT2D eigenvalue weighted by molar-refractivity contribution is 0.595. The van der Waals surface area contributed by atoms with Crippen LogP contribution in [0.4, 0.5) is 5.69 Å². The highest BCUT2D eigenvalue weighted by Gasteiger charge is 2.27. The first-order chi connectivity index (χ1) is 14.8. The topological polar surface area (TPSA) is 104 Å². The Morgan fingerprint density at radius 1 is 0.844 bits per heavy atom. The lowest BCUT2D eigenvalue weighted by Crippen LogP contribution is -2.19. The molecule has 0 bridgehead atoms. The van der Waals surface area contributed by atoms with Gasteiger partial charge in [0.1, 0.15) is 0 Å². The minimum Gasteiger partial charge on any atom is -0.280 e. The van der Waals surface area contributed by atoms with Crippen molar-refractivity contribution in [3.05, 3.63) is 64.6 Å². The lowest BCUT2D eigenvalue weighted by atomic mass is 9.89. The molecule has 0 aromatic heterocycles. The first-order valence-electron chi connectivity index (χ1n) is 10.4. The smallest absolute Gasteiger partial charge is 0.262 e. The van der Waals surface area contributed by atoms with E-state index < -0.39 is 19.9 Å². The first kappa shape index (κ1) is 25.6. The van der Waals surface area contributed by atoms with Gasteiger partial charge in [-0.05, 0) is 58.7 Å². The van der Waals surface area contributed by atoms with E-state index in [2.05, 4.69) is 18.6 Å². The van der Waals surface area contributed by atoms with Gasteiger partial charge in [-0.25, -0.2) is 16.8 Å². The predicted molar refractivity (Wildman–Crippen MR) is 128 cm³/mol. The Morgan fingerprint density at radius 3 is 1.75 bits per heavy atom. The molecule has 2 aromatic rings. The number of sulfonamides is 1. The van der Waals surface area contributed by atoms with Gasteiger partial charge < -0.3 is 0 Å². The third kappa shape index (κ3) is 5.78. The Labute approximate surface area is 192 Å². The highest BCUT2D eigenvalue weighted by atomic mass is 32.2. The number of allylic oxidation sites excluding steroid dienone is 1. The number of rotatable bonds is 8. The summed E-state index contributed by atoms with van der Waals surface area (Å²) in [6.45, 7) is 12.0. The number of sulfone groups is 1. The van der Waals surface area contributed by atoms with Crippen LogP contribution in [0.3, 0.4) is 0 Å². The molecule has 0 saturated heterocycles. The van der Waals surface area contributed by atoms with E-state index in [0.29, 0.717) is 0 Å². The minimum absolute atomic E-state index is 0.00258. The van der Waals surface area contributed by atoms with Crippen molar-refractivity contribution < 1.29 is 16.8 Å². The monoisotopic (exact) mass is 474 g/mol. The molecule has 0 spiro atoms. The van der Waals surface area contributed by atoms with Crippen LogP contribution in [0.5, 0.6) is 0 Å². The summed E-state index contributed by atoms with van der Waals surface area (Å²) in [5.74, 6) is 0.258. The van der Waals surface area contributed by atoms with E-state index in [-0.39, 0.29) is 33.2 Å². The standard InChI is InChI=1S/C24H30N2O4S2/c1-16(2)19-14-22(17(3)4)24(23(15-19)18(5)6)32(29,30)26-20-8-10-21(11-9-20)31(27,28)13-7-12-25/h7-11,13-18,26H,1-6H3. The molecule has 0 aliphatic heterocycles. The van der Waals surface area contributed by atoms with E-state index in [1.54, 1.807) is 6.07 Å². The van der Waals surface area contributed by atoms with Crippen molar-refractivity contribution in [1.29, 1.82) is 5.26 Å². The Bertz CT molecular complexity index is 1220. The SMILES string of the molecule is CC(C)c1cc(C(C)C)c(S(=O)(=O)Nc2ccc(S(=O)(=O)C=CC#N)cc2)c(C(C)C)c1. The maximum atomic E-state index is 13.5. The molecule has 1 N–H and O–H groups in total. The highest BCUT2D eigenvalue weighted by Crippen LogP contribution is 2.36. The molecule has 172 valence electrons. The molecule has 2 rings (SSSR count). The Kier molecular flexibility index (Phi) is 7.92. The molecule has 6 nitrogen and oxygen atoms in total. The molecule has 8 heteroatoms. The summed E-state index contributed by atoms with van der Waals surface area (Å²) >= 11 is 0. The first-order valence-corrected chi connectivity index (χ1v) is 13.4. The van der Waals surface area contributed by atoms with Crippen LogP contribution >= 0.6 is 0 Å². The Balaban J connectivity index is 2.55. The van der Waals surface area contributed by atoms with E-state index >= 15 is 0 Å². The van der Waals surface area contributed by atoms with Gasteiger partial charge in [-0.3, -0.25) is 4.72 Å². The molecule has 0 atom stereocenters. The number of benzene rings is 2. The van der Waals surface area contributed by atoms with Gasteiger partial charge in [0.05, 0.1) is 15.9 Å². The Hall–Kier alpha value is -2.63. The zero-order chi connectivity index (χ0) is 24.3. The van der Waals surface area contributed by atoms with Gasteiger partial charge in [0.2, 0.25) is 9.84 Å². The molecule has 0 fully saturated rings. The van der Waals surface area contributed by atoms with E-state index in [1.807, 2.05) is 39.8 Å². The largest absolute Gasteiger partial charge is 0.280 e. The van der Waals surface area contributed by atoms with Crippen molar-refractivity contribution in [1.82, 2.24) is 0 Å². The quantitative estimate of drug-likeness (QED) is 0.497. The number of anilines is 1. The van der Waals surface area contributed by atoms with Gasteiger partial charge in [0.15, 0.2) is 0 Å². The van der Waals surface area contributed by atoms with Crippen LogP contribution in [-0.2, 0) is 19.9 Å². The molecule has 0 radical (unpaired) electrons. The maximum absolute atomic E-state index is 13.5.